The van der Waals surface area contributed by atoms with Gasteiger partial charge in [-0.2, -0.15) is 0 Å². The van der Waals surface area contributed by atoms with Gasteiger partial charge in [0, 0.05) is 11.5 Å². The van der Waals surface area contributed by atoms with Gasteiger partial charge in [-0.3, -0.25) is 4.79 Å². The maximum atomic E-state index is 13.4. The molecule has 3 heteroatoms. The summed E-state index contributed by atoms with van der Waals surface area (Å²) in [5.74, 6) is 0.421. The van der Waals surface area contributed by atoms with Crippen LogP contribution in [0.15, 0.2) is 12.2 Å². The van der Waals surface area contributed by atoms with Gasteiger partial charge < -0.3 is 10.5 Å². The summed E-state index contributed by atoms with van der Waals surface area (Å²) in [5.41, 5.74) is 5.88. The Bertz CT molecular complexity index is 511. The fourth-order valence-electron chi connectivity index (χ4n) is 4.34. The van der Waals surface area contributed by atoms with Crippen LogP contribution in [0.4, 0.5) is 0 Å². The first kappa shape index (κ1) is 22.2. The zero-order valence-electron chi connectivity index (χ0n) is 18.1. The molecule has 4 unspecified atom stereocenters. The van der Waals surface area contributed by atoms with Gasteiger partial charge in [0.25, 0.3) is 0 Å². The average Bonchev–Trinajstić information content (AvgIpc) is 2.39. The second-order valence-electron chi connectivity index (χ2n) is 10.5. The van der Waals surface area contributed by atoms with Gasteiger partial charge in [-0.05, 0) is 64.7 Å². The summed E-state index contributed by atoms with van der Waals surface area (Å²) >= 11 is 0. The fourth-order valence-corrected chi connectivity index (χ4v) is 4.34. The van der Waals surface area contributed by atoms with E-state index in [0.29, 0.717) is 12.3 Å². The Balaban J connectivity index is 3.20. The van der Waals surface area contributed by atoms with E-state index in [9.17, 15) is 4.79 Å². The van der Waals surface area contributed by atoms with Gasteiger partial charge in [-0.1, -0.05) is 46.8 Å². The van der Waals surface area contributed by atoms with Crippen molar-refractivity contribution in [2.45, 2.75) is 99.1 Å². The predicted molar refractivity (Wildman–Crippen MR) is 106 cm³/mol. The highest BCUT2D eigenvalue weighted by molar-refractivity contribution is 5.78. The van der Waals surface area contributed by atoms with E-state index in [-0.39, 0.29) is 17.3 Å². The minimum atomic E-state index is -0.735. The lowest BCUT2D eigenvalue weighted by molar-refractivity contribution is -0.191. The summed E-state index contributed by atoms with van der Waals surface area (Å²) < 4.78 is 6.32. The number of carbonyl (C=O) groups is 1. The summed E-state index contributed by atoms with van der Waals surface area (Å²) in [6.45, 7) is 22.9. The molecular formula is C22H41NO2. The minimum Gasteiger partial charge on any atom is -0.458 e. The molecule has 0 aromatic rings. The molecule has 0 aliphatic heterocycles. The second kappa shape index (κ2) is 7.06. The van der Waals surface area contributed by atoms with Crippen LogP contribution in [0.2, 0.25) is 0 Å². The van der Waals surface area contributed by atoms with Crippen LogP contribution in [-0.4, -0.2) is 17.1 Å². The molecule has 1 fully saturated rings. The molecule has 1 rings (SSSR count). The number of carbonyl (C=O) groups excluding carboxylic acids is 1. The summed E-state index contributed by atoms with van der Waals surface area (Å²) in [7, 11) is 0. The maximum absolute atomic E-state index is 13.4. The zero-order valence-corrected chi connectivity index (χ0v) is 18.1. The van der Waals surface area contributed by atoms with Crippen LogP contribution >= 0.6 is 0 Å². The summed E-state index contributed by atoms with van der Waals surface area (Å²) in [6.07, 6.45) is 3.53. The topological polar surface area (TPSA) is 52.3 Å². The Kier molecular flexibility index (Phi) is 6.27. The highest BCUT2D eigenvalue weighted by Gasteiger charge is 2.53. The molecule has 0 bridgehead atoms. The van der Waals surface area contributed by atoms with E-state index in [1.807, 2.05) is 20.8 Å². The van der Waals surface area contributed by atoms with Crippen LogP contribution in [-0.2, 0) is 9.53 Å². The van der Waals surface area contributed by atoms with Crippen LogP contribution < -0.4 is 5.73 Å². The molecule has 1 aliphatic carbocycles. The fraction of sp³-hybridized carbons (Fsp3) is 0.864. The van der Waals surface area contributed by atoms with E-state index in [4.69, 9.17) is 10.5 Å². The molecule has 0 aromatic carbocycles. The molecule has 0 saturated heterocycles. The standard InChI is InChI=1S/C22H41NO2/c1-11-17-13-15(2)12-16(3)22(17,10)25-18(24)21(9,20(7,8)23)14-19(4,5)6/h16-17H,2,11-14,23H2,1,3-10H3. The first-order valence-electron chi connectivity index (χ1n) is 9.76. The Morgan fingerprint density at radius 2 is 1.76 bits per heavy atom. The number of esters is 1. The number of allylic oxidation sites excluding steroid dienone is 1. The minimum absolute atomic E-state index is 0.0120. The van der Waals surface area contributed by atoms with Crippen molar-refractivity contribution in [2.24, 2.45) is 28.4 Å². The Morgan fingerprint density at radius 1 is 1.24 bits per heavy atom. The number of rotatable bonds is 5. The first-order chi connectivity index (χ1) is 11.1. The zero-order chi connectivity index (χ0) is 19.8. The predicted octanol–water partition coefficient (Wildman–Crippen LogP) is 5.48. The van der Waals surface area contributed by atoms with Gasteiger partial charge in [0.1, 0.15) is 5.60 Å². The van der Waals surface area contributed by atoms with Crippen LogP contribution in [0, 0.1) is 22.7 Å². The molecule has 2 N–H and O–H groups in total. The normalized spacial score (nSPS) is 30.7. The van der Waals surface area contributed by atoms with Crippen molar-refractivity contribution in [3.8, 4) is 0 Å². The van der Waals surface area contributed by atoms with Crippen LogP contribution in [0.1, 0.15) is 88.0 Å². The largest absolute Gasteiger partial charge is 0.458 e. The van der Waals surface area contributed by atoms with Crippen molar-refractivity contribution >= 4 is 5.97 Å². The van der Waals surface area contributed by atoms with Gasteiger partial charge in [0.05, 0.1) is 5.41 Å². The molecule has 0 radical (unpaired) electrons. The lowest BCUT2D eigenvalue weighted by Crippen LogP contribution is -2.59. The molecule has 3 nitrogen and oxygen atoms in total. The molecular weight excluding hydrogens is 310 g/mol. The van der Waals surface area contributed by atoms with Crippen LogP contribution in [0.25, 0.3) is 0 Å². The third-order valence-corrected chi connectivity index (χ3v) is 6.48. The lowest BCUT2D eigenvalue weighted by Gasteiger charge is -2.50. The van der Waals surface area contributed by atoms with Crippen LogP contribution in [0.3, 0.4) is 0 Å². The van der Waals surface area contributed by atoms with Crippen molar-refractivity contribution in [3.05, 3.63) is 12.2 Å². The molecule has 146 valence electrons. The van der Waals surface area contributed by atoms with Gasteiger partial charge in [-0.15, -0.1) is 0 Å². The van der Waals surface area contributed by atoms with Gasteiger partial charge in [-0.25, -0.2) is 0 Å². The highest BCUT2D eigenvalue weighted by Crippen LogP contribution is 2.48. The molecule has 25 heavy (non-hydrogen) atoms. The summed E-state index contributed by atoms with van der Waals surface area (Å²) in [5, 5.41) is 0. The van der Waals surface area contributed by atoms with Gasteiger partial charge >= 0.3 is 5.97 Å². The number of hydrogen-bond acceptors (Lipinski definition) is 3. The van der Waals surface area contributed by atoms with E-state index >= 15 is 0 Å². The average molecular weight is 352 g/mol. The SMILES string of the molecule is C=C1CC(C)C(C)(OC(=O)C(C)(CC(C)(C)C)C(C)(C)N)C(CC)C1. The monoisotopic (exact) mass is 351 g/mol. The van der Waals surface area contributed by atoms with Crippen molar-refractivity contribution in [1.29, 1.82) is 0 Å². The molecule has 0 heterocycles. The maximum Gasteiger partial charge on any atom is 0.314 e. The van der Waals surface area contributed by atoms with Crippen LogP contribution in [0.5, 0.6) is 0 Å². The molecule has 1 aliphatic rings. The smallest absolute Gasteiger partial charge is 0.314 e. The Morgan fingerprint density at radius 3 is 2.16 bits per heavy atom. The molecule has 0 aromatic heterocycles. The van der Waals surface area contributed by atoms with Gasteiger partial charge in [0.15, 0.2) is 0 Å². The highest BCUT2D eigenvalue weighted by atomic mass is 16.6. The lowest BCUT2D eigenvalue weighted by atomic mass is 9.64. The van der Waals surface area contributed by atoms with E-state index < -0.39 is 16.6 Å². The van der Waals surface area contributed by atoms with Crippen molar-refractivity contribution in [1.82, 2.24) is 0 Å². The van der Waals surface area contributed by atoms with Gasteiger partial charge in [0.2, 0.25) is 0 Å². The summed E-state index contributed by atoms with van der Waals surface area (Å²) in [4.78, 5) is 13.4. The summed E-state index contributed by atoms with van der Waals surface area (Å²) in [6, 6.07) is 0. The molecule has 1 saturated carbocycles. The van der Waals surface area contributed by atoms with E-state index in [0.717, 1.165) is 19.3 Å². The Labute approximate surface area is 155 Å². The van der Waals surface area contributed by atoms with E-state index in [1.54, 1.807) is 0 Å². The quantitative estimate of drug-likeness (QED) is 0.527. The van der Waals surface area contributed by atoms with E-state index in [1.165, 1.54) is 5.57 Å². The second-order valence-corrected chi connectivity index (χ2v) is 10.5. The van der Waals surface area contributed by atoms with Crippen molar-refractivity contribution in [2.75, 3.05) is 0 Å². The van der Waals surface area contributed by atoms with Crippen molar-refractivity contribution < 1.29 is 9.53 Å². The first-order valence-corrected chi connectivity index (χ1v) is 9.76. The molecule has 0 amide bonds. The number of ether oxygens (including phenoxy) is 1. The number of nitrogens with two attached hydrogens (primary N) is 1. The third kappa shape index (κ3) is 4.67. The molecule has 0 spiro atoms. The molecule has 4 atom stereocenters. The Hall–Kier alpha value is -0.830. The van der Waals surface area contributed by atoms with E-state index in [2.05, 4.69) is 48.1 Å². The van der Waals surface area contributed by atoms with Crippen molar-refractivity contribution in [3.63, 3.8) is 0 Å². The third-order valence-electron chi connectivity index (χ3n) is 6.48. The number of hydrogen-bond donors (Lipinski definition) is 1.